The molecule has 4 rings (SSSR count). The van der Waals surface area contributed by atoms with Gasteiger partial charge in [0, 0.05) is 35.8 Å². The van der Waals surface area contributed by atoms with E-state index in [4.69, 9.17) is 0 Å². The first-order valence-corrected chi connectivity index (χ1v) is 9.24. The van der Waals surface area contributed by atoms with Crippen molar-refractivity contribution < 1.29 is 9.90 Å². The molecule has 2 N–H and O–H groups in total. The second-order valence-corrected chi connectivity index (χ2v) is 6.60. The van der Waals surface area contributed by atoms with Gasteiger partial charge in [-0.2, -0.15) is 0 Å². The fourth-order valence-corrected chi connectivity index (χ4v) is 3.16. The molecule has 2 heterocycles. The van der Waals surface area contributed by atoms with Crippen molar-refractivity contribution in [2.45, 2.75) is 6.92 Å². The second-order valence-electron chi connectivity index (χ2n) is 6.60. The van der Waals surface area contributed by atoms with Crippen molar-refractivity contribution in [1.29, 1.82) is 0 Å². The maximum Gasteiger partial charge on any atom is 0.267 e. The van der Waals surface area contributed by atoms with Crippen LogP contribution in [0.3, 0.4) is 0 Å². The molecule has 1 amide bonds. The quantitative estimate of drug-likeness (QED) is 0.511. The SMILES string of the molecule is CC(=O)Nc1ccc(N=Cc2c(O)n(-c3ccccn3)c(=O)c3ccccc23)cc1. The van der Waals surface area contributed by atoms with E-state index in [0.29, 0.717) is 33.5 Å². The van der Waals surface area contributed by atoms with Gasteiger partial charge >= 0.3 is 0 Å². The molecule has 0 atom stereocenters. The van der Waals surface area contributed by atoms with Crippen LogP contribution in [-0.4, -0.2) is 26.8 Å². The van der Waals surface area contributed by atoms with Crippen molar-refractivity contribution in [3.63, 3.8) is 0 Å². The minimum absolute atomic E-state index is 0.153. The van der Waals surface area contributed by atoms with Gasteiger partial charge in [0.05, 0.1) is 11.3 Å². The Kier molecular flexibility index (Phi) is 5.09. The van der Waals surface area contributed by atoms with Gasteiger partial charge in [0.2, 0.25) is 11.8 Å². The van der Waals surface area contributed by atoms with Gasteiger partial charge in [-0.1, -0.05) is 24.3 Å². The van der Waals surface area contributed by atoms with Crippen LogP contribution in [-0.2, 0) is 4.79 Å². The molecule has 0 radical (unpaired) electrons. The van der Waals surface area contributed by atoms with Gasteiger partial charge < -0.3 is 10.4 Å². The average molecular weight is 398 g/mol. The molecule has 148 valence electrons. The van der Waals surface area contributed by atoms with Crippen LogP contribution >= 0.6 is 0 Å². The van der Waals surface area contributed by atoms with Crippen molar-refractivity contribution >= 4 is 34.3 Å². The maximum absolute atomic E-state index is 13.0. The van der Waals surface area contributed by atoms with Gasteiger partial charge in [0.1, 0.15) is 5.82 Å². The van der Waals surface area contributed by atoms with E-state index in [9.17, 15) is 14.7 Å². The molecule has 0 bridgehead atoms. The van der Waals surface area contributed by atoms with Crippen LogP contribution in [0.25, 0.3) is 16.6 Å². The summed E-state index contributed by atoms with van der Waals surface area (Å²) in [6.45, 7) is 1.44. The molecule has 0 unspecified atom stereocenters. The molecule has 0 aliphatic carbocycles. The largest absolute Gasteiger partial charge is 0.494 e. The van der Waals surface area contributed by atoms with Crippen molar-refractivity contribution in [2.75, 3.05) is 5.32 Å². The highest BCUT2D eigenvalue weighted by atomic mass is 16.3. The Hall–Kier alpha value is -4.26. The third kappa shape index (κ3) is 3.68. The highest BCUT2D eigenvalue weighted by Gasteiger charge is 2.16. The number of hydrogen-bond donors (Lipinski definition) is 2. The standard InChI is InChI=1S/C23H18N4O3/c1-15(28)26-17-11-9-16(10-12-17)25-14-20-18-6-2-3-7-19(18)22(29)27(23(20)30)21-8-4-5-13-24-21/h2-14,30H,1H3,(H,26,28). The zero-order valence-corrected chi connectivity index (χ0v) is 16.1. The molecule has 2 aromatic heterocycles. The first kappa shape index (κ1) is 19.1. The maximum atomic E-state index is 13.0. The molecule has 0 saturated carbocycles. The number of aromatic hydroxyl groups is 1. The lowest BCUT2D eigenvalue weighted by Crippen LogP contribution is -2.20. The summed E-state index contributed by atoms with van der Waals surface area (Å²) in [6.07, 6.45) is 3.07. The molecule has 30 heavy (non-hydrogen) atoms. The van der Waals surface area contributed by atoms with E-state index in [1.54, 1.807) is 72.9 Å². The van der Waals surface area contributed by atoms with Crippen LogP contribution in [0.1, 0.15) is 12.5 Å². The number of nitrogens with zero attached hydrogens (tertiary/aromatic N) is 3. The first-order valence-electron chi connectivity index (χ1n) is 9.24. The molecule has 7 heteroatoms. The summed E-state index contributed by atoms with van der Waals surface area (Å²) in [7, 11) is 0. The van der Waals surface area contributed by atoms with Crippen molar-refractivity contribution in [1.82, 2.24) is 9.55 Å². The monoisotopic (exact) mass is 398 g/mol. The van der Waals surface area contributed by atoms with Gasteiger partial charge in [-0.05, 0) is 42.5 Å². The summed E-state index contributed by atoms with van der Waals surface area (Å²) >= 11 is 0. The predicted molar refractivity (Wildman–Crippen MR) is 117 cm³/mol. The molecule has 7 nitrogen and oxygen atoms in total. The number of carbonyl (C=O) groups excluding carboxylic acids is 1. The number of hydrogen-bond acceptors (Lipinski definition) is 5. The lowest BCUT2D eigenvalue weighted by molar-refractivity contribution is -0.114. The minimum atomic E-state index is -0.362. The molecule has 0 aliphatic heterocycles. The Labute approximate surface area is 172 Å². The van der Waals surface area contributed by atoms with Crippen LogP contribution in [0, 0.1) is 0 Å². The lowest BCUT2D eigenvalue weighted by atomic mass is 10.1. The van der Waals surface area contributed by atoms with E-state index in [2.05, 4.69) is 15.3 Å². The van der Waals surface area contributed by atoms with E-state index in [1.165, 1.54) is 17.7 Å². The van der Waals surface area contributed by atoms with Crippen LogP contribution in [0.5, 0.6) is 5.88 Å². The number of aromatic nitrogens is 2. The normalized spacial score (nSPS) is 11.1. The van der Waals surface area contributed by atoms with Crippen molar-refractivity contribution in [2.24, 2.45) is 4.99 Å². The predicted octanol–water partition coefficient (Wildman–Crippen LogP) is 3.80. The number of carbonyl (C=O) groups is 1. The number of pyridine rings is 2. The molecule has 0 spiro atoms. The summed E-state index contributed by atoms with van der Waals surface area (Å²) in [6, 6.07) is 19.1. The number of rotatable bonds is 4. The molecule has 0 saturated heterocycles. The van der Waals surface area contributed by atoms with Crippen LogP contribution < -0.4 is 10.9 Å². The number of nitrogens with one attached hydrogen (secondary N) is 1. The van der Waals surface area contributed by atoms with Crippen molar-refractivity contribution in [3.8, 4) is 11.7 Å². The Morgan fingerprint density at radius 2 is 1.73 bits per heavy atom. The van der Waals surface area contributed by atoms with Gasteiger partial charge in [-0.25, -0.2) is 9.55 Å². The smallest absolute Gasteiger partial charge is 0.267 e. The molecule has 4 aromatic rings. The fraction of sp³-hybridized carbons (Fsp3) is 0.0435. The molecular weight excluding hydrogens is 380 g/mol. The van der Waals surface area contributed by atoms with Crippen LogP contribution in [0.4, 0.5) is 11.4 Å². The van der Waals surface area contributed by atoms with Crippen molar-refractivity contribution in [3.05, 3.63) is 88.8 Å². The molecule has 0 fully saturated rings. The molecule has 2 aromatic carbocycles. The summed E-state index contributed by atoms with van der Waals surface area (Å²) in [5.74, 6) is -0.0736. The first-order chi connectivity index (χ1) is 14.5. The highest BCUT2D eigenvalue weighted by molar-refractivity contribution is 6.02. The topological polar surface area (TPSA) is 96.6 Å². The number of amides is 1. The number of anilines is 1. The summed E-state index contributed by atoms with van der Waals surface area (Å²) in [4.78, 5) is 32.8. The van der Waals surface area contributed by atoms with Crippen LogP contribution in [0.2, 0.25) is 0 Å². The number of fused-ring (bicyclic) bond motifs is 1. The zero-order chi connectivity index (χ0) is 21.1. The van der Waals surface area contributed by atoms with E-state index in [1.807, 2.05) is 0 Å². The van der Waals surface area contributed by atoms with E-state index >= 15 is 0 Å². The van der Waals surface area contributed by atoms with E-state index in [0.717, 1.165) is 0 Å². The second kappa shape index (κ2) is 8.00. The number of benzene rings is 2. The summed E-state index contributed by atoms with van der Waals surface area (Å²) in [5, 5.41) is 14.7. The Bertz CT molecular complexity index is 1310. The Balaban J connectivity index is 1.83. The van der Waals surface area contributed by atoms with Gasteiger partial charge in [-0.15, -0.1) is 0 Å². The third-order valence-corrected chi connectivity index (χ3v) is 4.51. The lowest BCUT2D eigenvalue weighted by Gasteiger charge is -2.12. The number of aliphatic imine (C=N–C) groups is 1. The fourth-order valence-electron chi connectivity index (χ4n) is 3.16. The summed E-state index contributed by atoms with van der Waals surface area (Å²) < 4.78 is 1.17. The highest BCUT2D eigenvalue weighted by Crippen LogP contribution is 2.26. The zero-order valence-electron chi connectivity index (χ0n) is 16.1. The minimum Gasteiger partial charge on any atom is -0.494 e. The average Bonchev–Trinajstić information content (AvgIpc) is 2.75. The van der Waals surface area contributed by atoms with Crippen LogP contribution in [0.15, 0.2) is 82.7 Å². The Morgan fingerprint density at radius 1 is 1.03 bits per heavy atom. The van der Waals surface area contributed by atoms with Gasteiger partial charge in [-0.3, -0.25) is 14.6 Å². The third-order valence-electron chi connectivity index (χ3n) is 4.51. The van der Waals surface area contributed by atoms with E-state index in [-0.39, 0.29) is 17.3 Å². The van der Waals surface area contributed by atoms with E-state index < -0.39 is 0 Å². The summed E-state index contributed by atoms with van der Waals surface area (Å²) in [5.41, 5.74) is 1.34. The molecule has 0 aliphatic rings. The Morgan fingerprint density at radius 3 is 2.40 bits per heavy atom. The molecular formula is C23H18N4O3. The van der Waals surface area contributed by atoms with Gasteiger partial charge in [0.15, 0.2) is 0 Å². The van der Waals surface area contributed by atoms with Gasteiger partial charge in [0.25, 0.3) is 5.56 Å².